The molecule has 2 aromatic rings. The third-order valence-electron chi connectivity index (χ3n) is 4.20. The molecule has 24 heavy (non-hydrogen) atoms. The maximum Gasteiger partial charge on any atom is 0.263 e. The van der Waals surface area contributed by atoms with Crippen LogP contribution in [0.3, 0.4) is 0 Å². The molecule has 1 atom stereocenters. The molecule has 1 amide bonds. The molecule has 3 nitrogen and oxygen atoms in total. The Hall–Kier alpha value is -2.34. The minimum atomic E-state index is -2.70. The Labute approximate surface area is 137 Å². The van der Waals surface area contributed by atoms with Crippen LogP contribution < -0.4 is 10.6 Å². The van der Waals surface area contributed by atoms with Crippen LogP contribution in [0, 0.1) is 12.7 Å². The lowest BCUT2D eigenvalue weighted by atomic mass is 9.95. The summed E-state index contributed by atoms with van der Waals surface area (Å²) in [6.45, 7) is 1.75. The zero-order valence-electron chi connectivity index (χ0n) is 13.1. The van der Waals surface area contributed by atoms with Crippen molar-refractivity contribution in [1.29, 1.82) is 0 Å². The summed E-state index contributed by atoms with van der Waals surface area (Å²) >= 11 is 0. The summed E-state index contributed by atoms with van der Waals surface area (Å²) in [7, 11) is 0. The number of anilines is 1. The highest BCUT2D eigenvalue weighted by atomic mass is 19.3. The van der Waals surface area contributed by atoms with Gasteiger partial charge in [0.05, 0.1) is 12.6 Å². The van der Waals surface area contributed by atoms with Gasteiger partial charge in [-0.05, 0) is 42.7 Å². The van der Waals surface area contributed by atoms with Crippen LogP contribution in [0.25, 0.3) is 0 Å². The normalized spacial score (nSPS) is 17.3. The van der Waals surface area contributed by atoms with E-state index in [9.17, 15) is 18.0 Å². The Morgan fingerprint density at radius 3 is 2.71 bits per heavy atom. The Morgan fingerprint density at radius 1 is 1.25 bits per heavy atom. The molecule has 126 valence electrons. The Morgan fingerprint density at radius 2 is 2.00 bits per heavy atom. The fourth-order valence-corrected chi connectivity index (χ4v) is 2.93. The van der Waals surface area contributed by atoms with Crippen molar-refractivity contribution < 1.29 is 18.0 Å². The van der Waals surface area contributed by atoms with Crippen LogP contribution in [0.2, 0.25) is 0 Å². The van der Waals surface area contributed by atoms with E-state index in [1.54, 1.807) is 0 Å². The van der Waals surface area contributed by atoms with Gasteiger partial charge in [0.1, 0.15) is 5.82 Å². The summed E-state index contributed by atoms with van der Waals surface area (Å²) in [5.74, 6) is -0.963. The largest absolute Gasteiger partial charge is 0.320 e. The zero-order chi connectivity index (χ0) is 17.4. The molecule has 0 spiro atoms. The first-order chi connectivity index (χ1) is 11.4. The number of fused-ring (bicyclic) bond motifs is 1. The van der Waals surface area contributed by atoms with Crippen LogP contribution >= 0.6 is 0 Å². The second kappa shape index (κ2) is 6.28. The number of aryl methyl sites for hydroxylation is 1. The maximum absolute atomic E-state index is 14.1. The van der Waals surface area contributed by atoms with Gasteiger partial charge in [-0.1, -0.05) is 18.2 Å². The van der Waals surface area contributed by atoms with Gasteiger partial charge in [-0.15, -0.1) is 0 Å². The quantitative estimate of drug-likeness (QED) is 0.934. The molecule has 6 heteroatoms. The topological polar surface area (TPSA) is 46.3 Å². The number of carbonyl (C=O) groups is 1. The second-order valence-electron chi connectivity index (χ2n) is 6.02. The summed E-state index contributed by atoms with van der Waals surface area (Å²) in [5, 5.41) is 0. The molecule has 2 aromatic carbocycles. The van der Waals surface area contributed by atoms with E-state index in [1.165, 1.54) is 4.90 Å². The van der Waals surface area contributed by atoms with Crippen molar-refractivity contribution in [3.05, 3.63) is 64.5 Å². The van der Waals surface area contributed by atoms with Crippen LogP contribution in [0.1, 0.15) is 28.7 Å². The molecule has 2 N–H and O–H groups in total. The van der Waals surface area contributed by atoms with E-state index in [-0.39, 0.29) is 23.6 Å². The summed E-state index contributed by atoms with van der Waals surface area (Å²) in [4.78, 5) is 13.8. The number of benzene rings is 2. The minimum absolute atomic E-state index is 0.0442. The molecule has 0 saturated heterocycles. The van der Waals surface area contributed by atoms with E-state index in [0.29, 0.717) is 12.1 Å². The number of carbonyl (C=O) groups excluding carboxylic acids is 1. The van der Waals surface area contributed by atoms with Crippen molar-refractivity contribution in [3.63, 3.8) is 0 Å². The molecule has 0 fully saturated rings. The van der Waals surface area contributed by atoms with Crippen LogP contribution in [-0.2, 0) is 17.8 Å². The summed E-state index contributed by atoms with van der Waals surface area (Å²) in [6, 6.07) is 8.05. The third-order valence-corrected chi connectivity index (χ3v) is 4.20. The standard InChI is InChI=1S/C18H17F3N2O/c1-10-2-3-11-8-15(22)18(24)23(16(11)6-10)9-13-7-12(17(20)21)4-5-14(13)19/h2-7,15,17H,8-9,22H2,1H3/t15-/m1/s1. The summed E-state index contributed by atoms with van der Waals surface area (Å²) in [6.07, 6.45) is -2.29. The summed E-state index contributed by atoms with van der Waals surface area (Å²) in [5.41, 5.74) is 8.15. The van der Waals surface area contributed by atoms with Gasteiger partial charge in [0.25, 0.3) is 6.43 Å². The highest BCUT2D eigenvalue weighted by Gasteiger charge is 2.31. The Balaban J connectivity index is 2.02. The van der Waals surface area contributed by atoms with Crippen molar-refractivity contribution in [2.24, 2.45) is 5.73 Å². The van der Waals surface area contributed by atoms with Gasteiger partial charge in [-0.2, -0.15) is 0 Å². The predicted molar refractivity (Wildman–Crippen MR) is 85.4 cm³/mol. The molecule has 1 heterocycles. The van der Waals surface area contributed by atoms with E-state index in [0.717, 1.165) is 29.3 Å². The molecule has 0 unspecified atom stereocenters. The van der Waals surface area contributed by atoms with Crippen LogP contribution in [0.15, 0.2) is 36.4 Å². The number of halogens is 3. The lowest BCUT2D eigenvalue weighted by Crippen LogP contribution is -2.48. The number of nitrogens with two attached hydrogens (primary N) is 1. The number of alkyl halides is 2. The van der Waals surface area contributed by atoms with Gasteiger partial charge < -0.3 is 10.6 Å². The van der Waals surface area contributed by atoms with Crippen LogP contribution in [0.4, 0.5) is 18.9 Å². The van der Waals surface area contributed by atoms with Crippen molar-refractivity contribution in [2.75, 3.05) is 4.90 Å². The highest BCUT2D eigenvalue weighted by Crippen LogP contribution is 2.31. The van der Waals surface area contributed by atoms with E-state index < -0.39 is 18.3 Å². The first kappa shape index (κ1) is 16.5. The van der Waals surface area contributed by atoms with Gasteiger partial charge in [0.2, 0.25) is 5.91 Å². The SMILES string of the molecule is Cc1ccc2c(c1)N(Cc1cc(C(F)F)ccc1F)C(=O)[C@H](N)C2. The first-order valence-electron chi connectivity index (χ1n) is 7.60. The van der Waals surface area contributed by atoms with Gasteiger partial charge in [-0.25, -0.2) is 13.2 Å². The Kier molecular flexibility index (Phi) is 4.32. The van der Waals surface area contributed by atoms with Gasteiger partial charge >= 0.3 is 0 Å². The average Bonchev–Trinajstić information content (AvgIpc) is 2.54. The smallest absolute Gasteiger partial charge is 0.263 e. The lowest BCUT2D eigenvalue weighted by molar-refractivity contribution is -0.120. The first-order valence-corrected chi connectivity index (χ1v) is 7.60. The minimum Gasteiger partial charge on any atom is -0.320 e. The van der Waals surface area contributed by atoms with Crippen LogP contribution in [0.5, 0.6) is 0 Å². The number of hydrogen-bond acceptors (Lipinski definition) is 2. The molecule has 3 rings (SSSR count). The van der Waals surface area contributed by atoms with Crippen LogP contribution in [-0.4, -0.2) is 11.9 Å². The Bertz CT molecular complexity index is 792. The fraction of sp³-hybridized carbons (Fsp3) is 0.278. The monoisotopic (exact) mass is 334 g/mol. The molecular formula is C18H17F3N2O. The van der Waals surface area contributed by atoms with Crippen molar-refractivity contribution in [2.45, 2.75) is 32.4 Å². The number of nitrogens with zero attached hydrogens (tertiary/aromatic N) is 1. The fourth-order valence-electron chi connectivity index (χ4n) is 2.93. The zero-order valence-corrected chi connectivity index (χ0v) is 13.1. The third kappa shape index (κ3) is 3.01. The van der Waals surface area contributed by atoms with Gasteiger partial charge in [0.15, 0.2) is 0 Å². The van der Waals surface area contributed by atoms with Crippen molar-refractivity contribution in [3.8, 4) is 0 Å². The van der Waals surface area contributed by atoms with E-state index in [1.807, 2.05) is 25.1 Å². The molecule has 0 radical (unpaired) electrons. The second-order valence-corrected chi connectivity index (χ2v) is 6.02. The van der Waals surface area contributed by atoms with Gasteiger partial charge in [-0.3, -0.25) is 4.79 Å². The molecular weight excluding hydrogens is 317 g/mol. The molecule has 0 aliphatic carbocycles. The average molecular weight is 334 g/mol. The molecule has 0 aromatic heterocycles. The van der Waals surface area contributed by atoms with E-state index in [4.69, 9.17) is 5.73 Å². The maximum atomic E-state index is 14.1. The molecule has 1 aliphatic rings. The molecule has 0 bridgehead atoms. The van der Waals surface area contributed by atoms with Crippen molar-refractivity contribution >= 4 is 11.6 Å². The van der Waals surface area contributed by atoms with E-state index >= 15 is 0 Å². The molecule has 1 aliphatic heterocycles. The van der Waals surface area contributed by atoms with E-state index in [2.05, 4.69) is 0 Å². The highest BCUT2D eigenvalue weighted by molar-refractivity contribution is 6.00. The lowest BCUT2D eigenvalue weighted by Gasteiger charge is -2.33. The van der Waals surface area contributed by atoms with Crippen molar-refractivity contribution in [1.82, 2.24) is 0 Å². The number of rotatable bonds is 3. The predicted octanol–water partition coefficient (Wildman–Crippen LogP) is 3.49. The number of amides is 1. The number of hydrogen-bond donors (Lipinski definition) is 1. The molecule has 0 saturated carbocycles. The van der Waals surface area contributed by atoms with Gasteiger partial charge in [0, 0.05) is 16.8 Å². The summed E-state index contributed by atoms with van der Waals surface area (Å²) < 4.78 is 39.8.